The summed E-state index contributed by atoms with van der Waals surface area (Å²) in [7, 11) is 0. The van der Waals surface area contributed by atoms with Crippen LogP contribution in [0, 0.1) is 0 Å². The number of carboxylic acids is 1. The number of amides is 4. The Morgan fingerprint density at radius 1 is 0.861 bits per heavy atom. The van der Waals surface area contributed by atoms with Crippen molar-refractivity contribution in [2.45, 2.75) is 32.2 Å². The molecule has 2 aromatic rings. The first-order chi connectivity index (χ1) is 17.3. The van der Waals surface area contributed by atoms with Gasteiger partial charge < -0.3 is 24.6 Å². The van der Waals surface area contributed by atoms with Gasteiger partial charge in [0.25, 0.3) is 0 Å². The highest BCUT2D eigenvalue weighted by molar-refractivity contribution is 6.07. The van der Waals surface area contributed by atoms with Crippen LogP contribution in [0.15, 0.2) is 48.5 Å². The first-order valence-electron chi connectivity index (χ1n) is 11.3. The number of hydrogen-bond donors (Lipinski definition) is 2. The summed E-state index contributed by atoms with van der Waals surface area (Å²) in [5, 5.41) is 11.6. The molecule has 0 unspecified atom stereocenters. The molecule has 0 aromatic heterocycles. The monoisotopic (exact) mass is 498 g/mol. The van der Waals surface area contributed by atoms with Crippen molar-refractivity contribution in [2.75, 3.05) is 19.8 Å². The lowest BCUT2D eigenvalue weighted by atomic mass is 9.98. The zero-order valence-corrected chi connectivity index (χ0v) is 19.8. The maximum atomic E-state index is 12.6. The molecule has 4 amide bonds. The summed E-state index contributed by atoms with van der Waals surface area (Å²) >= 11 is 0. The van der Waals surface area contributed by atoms with E-state index in [0.29, 0.717) is 0 Å². The van der Waals surface area contributed by atoms with Crippen molar-refractivity contribution in [1.82, 2.24) is 10.2 Å². The molecule has 0 spiro atoms. The van der Waals surface area contributed by atoms with Crippen molar-refractivity contribution >= 4 is 30.2 Å². The number of aliphatic carboxylic acids is 1. The lowest BCUT2D eigenvalue weighted by Crippen LogP contribution is -2.48. The third-order valence-corrected chi connectivity index (χ3v) is 5.46. The molecule has 0 fully saturated rings. The minimum absolute atomic E-state index is 0.0579. The summed E-state index contributed by atoms with van der Waals surface area (Å²) in [6, 6.07) is 13.6. The van der Waals surface area contributed by atoms with E-state index in [2.05, 4.69) is 14.8 Å². The van der Waals surface area contributed by atoms with Crippen LogP contribution in [0.3, 0.4) is 0 Å². The van der Waals surface area contributed by atoms with Crippen LogP contribution in [0.4, 0.5) is 14.4 Å². The number of ether oxygens (including phenoxy) is 3. The molecule has 3 rings (SSSR count). The maximum absolute atomic E-state index is 12.6. The van der Waals surface area contributed by atoms with Crippen LogP contribution in [-0.2, 0) is 23.8 Å². The summed E-state index contributed by atoms with van der Waals surface area (Å²) in [6.45, 7) is 2.58. The molecule has 190 valence electrons. The molecule has 0 radical (unpaired) electrons. The number of carbonyl (C=O) groups is 5. The zero-order chi connectivity index (χ0) is 26.2. The number of fused-ring (bicyclic) bond motifs is 3. The molecule has 1 aliphatic rings. The molecule has 0 heterocycles. The van der Waals surface area contributed by atoms with Crippen LogP contribution < -0.4 is 5.32 Å². The summed E-state index contributed by atoms with van der Waals surface area (Å²) in [4.78, 5) is 60.9. The molecular weight excluding hydrogens is 472 g/mol. The standard InChI is InChI=1S/C25H26N2O9/c1-3-34-24(32)27(25(33)35-4-2)21(28)13-20(22(29)30)26-23(31)36-14-19-17-11-7-5-9-15(17)16-10-6-8-12-18(16)19/h5-12,19-20H,3-4,13-14H2,1-2H3,(H,26,31)(H,29,30)/t20-/m0/s1. The Labute approximate surface area is 206 Å². The number of nitrogens with zero attached hydrogens (tertiary/aromatic N) is 1. The van der Waals surface area contributed by atoms with Crippen molar-refractivity contribution in [1.29, 1.82) is 0 Å². The quantitative estimate of drug-likeness (QED) is 0.522. The molecule has 2 aromatic carbocycles. The molecule has 36 heavy (non-hydrogen) atoms. The molecule has 1 atom stereocenters. The van der Waals surface area contributed by atoms with E-state index in [9.17, 15) is 29.1 Å². The van der Waals surface area contributed by atoms with E-state index in [1.165, 1.54) is 13.8 Å². The van der Waals surface area contributed by atoms with Gasteiger partial charge in [-0.1, -0.05) is 48.5 Å². The predicted octanol–water partition coefficient (Wildman–Crippen LogP) is 3.51. The zero-order valence-electron chi connectivity index (χ0n) is 19.8. The number of imide groups is 3. The highest BCUT2D eigenvalue weighted by Gasteiger charge is 2.36. The number of carboxylic acid groups (broad SMARTS) is 1. The molecule has 2 N–H and O–H groups in total. The lowest BCUT2D eigenvalue weighted by molar-refractivity contribution is -0.142. The summed E-state index contributed by atoms with van der Waals surface area (Å²) in [6.07, 6.45) is -4.62. The van der Waals surface area contributed by atoms with E-state index in [-0.39, 0.29) is 30.6 Å². The number of rotatable bonds is 8. The molecular formula is C25H26N2O9. The maximum Gasteiger partial charge on any atom is 0.426 e. The van der Waals surface area contributed by atoms with Gasteiger partial charge in [0.1, 0.15) is 12.6 Å². The molecule has 0 bridgehead atoms. The Morgan fingerprint density at radius 2 is 1.36 bits per heavy atom. The van der Waals surface area contributed by atoms with Crippen LogP contribution >= 0.6 is 0 Å². The minimum Gasteiger partial charge on any atom is -0.480 e. The molecule has 1 aliphatic carbocycles. The third kappa shape index (κ3) is 5.80. The smallest absolute Gasteiger partial charge is 0.426 e. The van der Waals surface area contributed by atoms with E-state index in [0.717, 1.165) is 22.3 Å². The molecule has 0 aliphatic heterocycles. The predicted molar refractivity (Wildman–Crippen MR) is 125 cm³/mol. The second-order valence-electron chi connectivity index (χ2n) is 7.69. The van der Waals surface area contributed by atoms with E-state index in [1.54, 1.807) is 0 Å². The van der Waals surface area contributed by atoms with Gasteiger partial charge in [-0.15, -0.1) is 4.90 Å². The molecule has 0 saturated carbocycles. The number of nitrogens with one attached hydrogen (secondary N) is 1. The normalized spacial score (nSPS) is 12.5. The molecule has 11 heteroatoms. The number of carbonyl (C=O) groups excluding carboxylic acids is 4. The summed E-state index contributed by atoms with van der Waals surface area (Å²) in [5.41, 5.74) is 3.98. The van der Waals surface area contributed by atoms with Crippen molar-refractivity contribution < 1.29 is 43.3 Å². The van der Waals surface area contributed by atoms with Crippen LogP contribution in [0.2, 0.25) is 0 Å². The SMILES string of the molecule is CCOC(=O)N(C(=O)C[C@H](NC(=O)OCC1c2ccccc2-c2ccccc21)C(=O)O)C(=O)OCC. The van der Waals surface area contributed by atoms with E-state index in [1.807, 2.05) is 48.5 Å². The minimum atomic E-state index is -1.78. The third-order valence-electron chi connectivity index (χ3n) is 5.46. The first-order valence-corrected chi connectivity index (χ1v) is 11.3. The van der Waals surface area contributed by atoms with Crippen LogP contribution in [0.5, 0.6) is 0 Å². The number of hydrogen-bond acceptors (Lipinski definition) is 8. The Kier molecular flexibility index (Phi) is 8.61. The highest BCUT2D eigenvalue weighted by atomic mass is 16.6. The Balaban J connectivity index is 1.67. The van der Waals surface area contributed by atoms with Crippen molar-refractivity contribution in [3.05, 3.63) is 59.7 Å². The second kappa shape index (κ2) is 11.8. The van der Waals surface area contributed by atoms with Crippen molar-refractivity contribution in [2.24, 2.45) is 0 Å². The Hall–Kier alpha value is -4.41. The van der Waals surface area contributed by atoms with Crippen molar-refractivity contribution in [3.63, 3.8) is 0 Å². The van der Waals surface area contributed by atoms with Crippen LogP contribution in [0.25, 0.3) is 11.1 Å². The number of alkyl carbamates (subject to hydrolysis) is 1. The highest BCUT2D eigenvalue weighted by Crippen LogP contribution is 2.44. The van der Waals surface area contributed by atoms with Gasteiger partial charge in [-0.2, -0.15) is 0 Å². The first kappa shape index (κ1) is 26.2. The van der Waals surface area contributed by atoms with Crippen LogP contribution in [-0.4, -0.2) is 66.0 Å². The lowest BCUT2D eigenvalue weighted by Gasteiger charge is -2.20. The average molecular weight is 498 g/mol. The largest absolute Gasteiger partial charge is 0.480 e. The number of benzene rings is 2. The van der Waals surface area contributed by atoms with E-state index >= 15 is 0 Å². The van der Waals surface area contributed by atoms with E-state index < -0.39 is 42.6 Å². The van der Waals surface area contributed by atoms with Gasteiger partial charge >= 0.3 is 24.2 Å². The fraction of sp³-hybridized carbons (Fsp3) is 0.320. The second-order valence-corrected chi connectivity index (χ2v) is 7.69. The molecule has 0 saturated heterocycles. The Bertz CT molecular complexity index is 1100. The van der Waals surface area contributed by atoms with Gasteiger partial charge in [0, 0.05) is 5.92 Å². The topological polar surface area (TPSA) is 149 Å². The fourth-order valence-corrected chi connectivity index (χ4v) is 3.90. The molecule has 11 nitrogen and oxygen atoms in total. The summed E-state index contributed by atoms with van der Waals surface area (Å²) in [5.74, 6) is -3.04. The van der Waals surface area contributed by atoms with Crippen LogP contribution in [0.1, 0.15) is 37.3 Å². The average Bonchev–Trinajstić information content (AvgIpc) is 3.16. The summed E-state index contributed by atoms with van der Waals surface area (Å²) < 4.78 is 14.7. The Morgan fingerprint density at radius 3 is 1.83 bits per heavy atom. The van der Waals surface area contributed by atoms with Crippen molar-refractivity contribution in [3.8, 4) is 11.1 Å². The van der Waals surface area contributed by atoms with Gasteiger partial charge in [-0.25, -0.2) is 19.2 Å². The van der Waals surface area contributed by atoms with Gasteiger partial charge in [0.15, 0.2) is 0 Å². The van der Waals surface area contributed by atoms with Gasteiger partial charge in [-0.05, 0) is 36.1 Å². The fourth-order valence-electron chi connectivity index (χ4n) is 3.90. The van der Waals surface area contributed by atoms with E-state index in [4.69, 9.17) is 4.74 Å². The van der Waals surface area contributed by atoms with Gasteiger partial charge in [0.2, 0.25) is 5.91 Å². The van der Waals surface area contributed by atoms with Gasteiger partial charge in [-0.3, -0.25) is 4.79 Å². The van der Waals surface area contributed by atoms with Gasteiger partial charge in [0.05, 0.1) is 19.6 Å².